The molecule has 1 heterocycles. The maximum absolute atomic E-state index is 9.78. The van der Waals surface area contributed by atoms with E-state index in [4.69, 9.17) is 4.52 Å². The second-order valence-corrected chi connectivity index (χ2v) is 4.49. The summed E-state index contributed by atoms with van der Waals surface area (Å²) in [5.74, 6) is 0.920. The molecule has 1 N–H and O–H groups in total. The Balaban J connectivity index is 2.37. The van der Waals surface area contributed by atoms with Crippen LogP contribution in [-0.4, -0.2) is 28.8 Å². The van der Waals surface area contributed by atoms with Gasteiger partial charge >= 0.3 is 0 Å². The van der Waals surface area contributed by atoms with E-state index in [0.717, 1.165) is 11.0 Å². The summed E-state index contributed by atoms with van der Waals surface area (Å²) >= 11 is 3.27. The number of aromatic nitrogens is 2. The number of rotatable bonds is 3. The van der Waals surface area contributed by atoms with Gasteiger partial charge in [0.1, 0.15) is 5.75 Å². The minimum atomic E-state index is 0.105. The molecule has 0 radical (unpaired) electrons. The summed E-state index contributed by atoms with van der Waals surface area (Å²) in [6.07, 6.45) is 0. The van der Waals surface area contributed by atoms with Crippen molar-refractivity contribution < 1.29 is 9.63 Å². The van der Waals surface area contributed by atoms with Gasteiger partial charge in [-0.1, -0.05) is 15.9 Å². The highest BCUT2D eigenvalue weighted by Crippen LogP contribution is 2.31. The zero-order valence-electron chi connectivity index (χ0n) is 9.51. The Morgan fingerprint density at radius 1 is 1.47 bits per heavy atom. The number of benzene rings is 1. The van der Waals surface area contributed by atoms with E-state index in [9.17, 15) is 5.11 Å². The van der Waals surface area contributed by atoms with E-state index in [1.165, 1.54) is 0 Å². The van der Waals surface area contributed by atoms with Crippen LogP contribution < -0.4 is 4.90 Å². The molecule has 2 aromatic rings. The number of hydrogen-bond acceptors (Lipinski definition) is 5. The topological polar surface area (TPSA) is 62.4 Å². The van der Waals surface area contributed by atoms with E-state index < -0.39 is 0 Å². The molecule has 0 spiro atoms. The fourth-order valence-electron chi connectivity index (χ4n) is 1.31. The maximum Gasteiger partial charge on any atom is 0.266 e. The molecule has 2 rings (SSSR count). The van der Waals surface area contributed by atoms with Crippen molar-refractivity contribution in [2.75, 3.05) is 18.5 Å². The standard InChI is InChI=1S/C11H12BrN3O2/c1-3-15(2)11-13-10(17-14-11)8-5-4-7(12)6-9(8)16/h4-6,16H,3H2,1-2H3. The van der Waals surface area contributed by atoms with Crippen LogP contribution >= 0.6 is 15.9 Å². The number of hydrogen-bond donors (Lipinski definition) is 1. The highest BCUT2D eigenvalue weighted by atomic mass is 79.9. The fraction of sp³-hybridized carbons (Fsp3) is 0.273. The lowest BCUT2D eigenvalue weighted by Gasteiger charge is -2.08. The average Bonchev–Trinajstić information content (AvgIpc) is 2.77. The first-order valence-corrected chi connectivity index (χ1v) is 5.95. The number of anilines is 1. The minimum Gasteiger partial charge on any atom is -0.507 e. The summed E-state index contributed by atoms with van der Waals surface area (Å²) in [6.45, 7) is 2.78. The summed E-state index contributed by atoms with van der Waals surface area (Å²) in [4.78, 5) is 6.06. The van der Waals surface area contributed by atoms with E-state index in [1.807, 2.05) is 24.9 Å². The molecule has 0 saturated heterocycles. The molecule has 0 amide bonds. The van der Waals surface area contributed by atoms with Crippen molar-refractivity contribution >= 4 is 21.9 Å². The van der Waals surface area contributed by atoms with Crippen molar-refractivity contribution in [3.05, 3.63) is 22.7 Å². The predicted molar refractivity (Wildman–Crippen MR) is 68.0 cm³/mol. The van der Waals surface area contributed by atoms with Gasteiger partial charge in [0.2, 0.25) is 0 Å². The van der Waals surface area contributed by atoms with Gasteiger partial charge in [-0.05, 0) is 30.3 Å². The van der Waals surface area contributed by atoms with Crippen LogP contribution in [0.3, 0.4) is 0 Å². The zero-order chi connectivity index (χ0) is 12.4. The summed E-state index contributed by atoms with van der Waals surface area (Å²) < 4.78 is 5.91. The normalized spacial score (nSPS) is 10.5. The molecule has 0 unspecified atom stereocenters. The van der Waals surface area contributed by atoms with Crippen LogP contribution in [0.15, 0.2) is 27.2 Å². The van der Waals surface area contributed by atoms with Crippen molar-refractivity contribution in [1.29, 1.82) is 0 Å². The van der Waals surface area contributed by atoms with Crippen LogP contribution in [0, 0.1) is 0 Å². The van der Waals surface area contributed by atoms with Gasteiger partial charge in [-0.25, -0.2) is 0 Å². The van der Waals surface area contributed by atoms with Crippen LogP contribution in [0.1, 0.15) is 6.92 Å². The van der Waals surface area contributed by atoms with Gasteiger partial charge < -0.3 is 14.5 Å². The Hall–Kier alpha value is -1.56. The van der Waals surface area contributed by atoms with Gasteiger partial charge in [-0.2, -0.15) is 4.98 Å². The molecule has 17 heavy (non-hydrogen) atoms. The van der Waals surface area contributed by atoms with E-state index in [2.05, 4.69) is 26.1 Å². The van der Waals surface area contributed by atoms with Gasteiger partial charge in [0.15, 0.2) is 0 Å². The van der Waals surface area contributed by atoms with Gasteiger partial charge in [-0.3, -0.25) is 0 Å². The molecule has 1 aromatic carbocycles. The van der Waals surface area contributed by atoms with Crippen molar-refractivity contribution in [2.24, 2.45) is 0 Å². The molecule has 0 aliphatic rings. The number of phenols is 1. The Morgan fingerprint density at radius 2 is 2.24 bits per heavy atom. The number of nitrogens with zero attached hydrogens (tertiary/aromatic N) is 3. The molecule has 90 valence electrons. The lowest BCUT2D eigenvalue weighted by atomic mass is 10.2. The average molecular weight is 298 g/mol. The summed E-state index contributed by atoms with van der Waals surface area (Å²) in [5, 5.41) is 13.6. The fourth-order valence-corrected chi connectivity index (χ4v) is 1.66. The van der Waals surface area contributed by atoms with E-state index in [-0.39, 0.29) is 5.75 Å². The molecule has 5 nitrogen and oxygen atoms in total. The Kier molecular flexibility index (Phi) is 3.33. The maximum atomic E-state index is 9.78. The smallest absolute Gasteiger partial charge is 0.266 e. The first-order valence-electron chi connectivity index (χ1n) is 5.15. The van der Waals surface area contributed by atoms with Crippen molar-refractivity contribution in [2.45, 2.75) is 6.92 Å². The quantitative estimate of drug-likeness (QED) is 0.944. The number of halogens is 1. The van der Waals surface area contributed by atoms with Crippen LogP contribution in [0.25, 0.3) is 11.5 Å². The van der Waals surface area contributed by atoms with E-state index in [1.54, 1.807) is 12.1 Å². The van der Waals surface area contributed by atoms with Crippen LogP contribution in [-0.2, 0) is 0 Å². The molecule has 0 saturated carbocycles. The van der Waals surface area contributed by atoms with Crippen LogP contribution in [0.2, 0.25) is 0 Å². The monoisotopic (exact) mass is 297 g/mol. The first-order chi connectivity index (χ1) is 8.11. The SMILES string of the molecule is CCN(C)c1noc(-c2ccc(Br)cc2O)n1. The molecular weight excluding hydrogens is 286 g/mol. The molecule has 0 aliphatic carbocycles. The third kappa shape index (κ3) is 2.41. The third-order valence-corrected chi connectivity index (χ3v) is 2.91. The lowest BCUT2D eigenvalue weighted by molar-refractivity contribution is 0.424. The summed E-state index contributed by atoms with van der Waals surface area (Å²) in [7, 11) is 1.87. The van der Waals surface area contributed by atoms with Gasteiger partial charge in [-0.15, -0.1) is 0 Å². The van der Waals surface area contributed by atoms with E-state index in [0.29, 0.717) is 17.4 Å². The highest BCUT2D eigenvalue weighted by Gasteiger charge is 2.14. The third-order valence-electron chi connectivity index (χ3n) is 2.42. The largest absolute Gasteiger partial charge is 0.507 e. The molecule has 0 bridgehead atoms. The van der Waals surface area contributed by atoms with E-state index >= 15 is 0 Å². The highest BCUT2D eigenvalue weighted by molar-refractivity contribution is 9.10. The second-order valence-electron chi connectivity index (χ2n) is 3.58. The van der Waals surface area contributed by atoms with Gasteiger partial charge in [0.25, 0.3) is 11.8 Å². The molecule has 0 atom stereocenters. The zero-order valence-corrected chi connectivity index (χ0v) is 11.1. The predicted octanol–water partition coefficient (Wildman–Crippen LogP) is 2.66. The van der Waals surface area contributed by atoms with Crippen LogP contribution in [0.4, 0.5) is 5.95 Å². The Bertz CT molecular complexity index is 527. The summed E-state index contributed by atoms with van der Waals surface area (Å²) in [6, 6.07) is 5.12. The second kappa shape index (κ2) is 4.75. The van der Waals surface area contributed by atoms with Gasteiger partial charge in [0.05, 0.1) is 5.56 Å². The Labute approximate surface area is 107 Å². The first kappa shape index (κ1) is 11.9. The van der Waals surface area contributed by atoms with Crippen molar-refractivity contribution in [1.82, 2.24) is 10.1 Å². The summed E-state index contributed by atoms with van der Waals surface area (Å²) in [5.41, 5.74) is 0.524. The molecular formula is C11H12BrN3O2. The number of phenolic OH excluding ortho intramolecular Hbond substituents is 1. The molecule has 0 fully saturated rings. The van der Waals surface area contributed by atoms with Crippen molar-refractivity contribution in [3.8, 4) is 17.2 Å². The van der Waals surface area contributed by atoms with Gasteiger partial charge in [0, 0.05) is 18.1 Å². The number of aromatic hydroxyl groups is 1. The Morgan fingerprint density at radius 3 is 2.88 bits per heavy atom. The molecule has 6 heteroatoms. The lowest BCUT2D eigenvalue weighted by Crippen LogP contribution is -2.16. The minimum absolute atomic E-state index is 0.105. The molecule has 0 aliphatic heterocycles. The molecule has 1 aromatic heterocycles. The van der Waals surface area contributed by atoms with Crippen LogP contribution in [0.5, 0.6) is 5.75 Å². The van der Waals surface area contributed by atoms with Crippen molar-refractivity contribution in [3.63, 3.8) is 0 Å².